The maximum atomic E-state index is 11.4. The van der Waals surface area contributed by atoms with Gasteiger partial charge in [0, 0.05) is 17.5 Å². The Labute approximate surface area is 128 Å². The highest BCUT2D eigenvalue weighted by atomic mass is 16.5. The molecule has 0 unspecified atom stereocenters. The van der Waals surface area contributed by atoms with Crippen LogP contribution in [0, 0.1) is 0 Å². The second-order valence-electron chi connectivity index (χ2n) is 5.60. The van der Waals surface area contributed by atoms with E-state index >= 15 is 0 Å². The van der Waals surface area contributed by atoms with Gasteiger partial charge in [0.1, 0.15) is 0 Å². The molecular weight excluding hydrogens is 282 g/mol. The Morgan fingerprint density at radius 2 is 2.14 bits per heavy atom. The van der Waals surface area contributed by atoms with E-state index in [0.29, 0.717) is 29.2 Å². The zero-order valence-corrected chi connectivity index (χ0v) is 12.7. The first-order valence-electron chi connectivity index (χ1n) is 7.43. The zero-order chi connectivity index (χ0) is 15.5. The van der Waals surface area contributed by atoms with E-state index < -0.39 is 0 Å². The molecule has 0 bridgehead atoms. The Bertz CT molecular complexity index is 651. The van der Waals surface area contributed by atoms with Crippen molar-refractivity contribution in [3.8, 4) is 11.4 Å². The Morgan fingerprint density at radius 1 is 1.36 bits per heavy atom. The van der Waals surface area contributed by atoms with Gasteiger partial charge in [-0.15, -0.1) is 0 Å². The van der Waals surface area contributed by atoms with Gasteiger partial charge < -0.3 is 14.6 Å². The molecular formula is C16H19N3O3. The fourth-order valence-electron chi connectivity index (χ4n) is 2.75. The monoisotopic (exact) mass is 301 g/mol. The topological polar surface area (TPSA) is 77.2 Å². The van der Waals surface area contributed by atoms with Crippen LogP contribution in [-0.4, -0.2) is 35.8 Å². The Morgan fingerprint density at radius 3 is 2.82 bits per heavy atom. The molecule has 2 atom stereocenters. The van der Waals surface area contributed by atoms with Crippen molar-refractivity contribution >= 4 is 5.97 Å². The van der Waals surface area contributed by atoms with Crippen molar-refractivity contribution in [2.75, 3.05) is 13.7 Å². The van der Waals surface area contributed by atoms with Crippen molar-refractivity contribution in [1.29, 1.82) is 0 Å². The molecule has 0 saturated carbocycles. The maximum Gasteiger partial charge on any atom is 0.337 e. The summed E-state index contributed by atoms with van der Waals surface area (Å²) in [6.45, 7) is 3.13. The lowest BCUT2D eigenvalue weighted by Gasteiger charge is -2.25. The van der Waals surface area contributed by atoms with E-state index in [1.807, 2.05) is 0 Å². The normalized spacial score (nSPS) is 21.5. The summed E-state index contributed by atoms with van der Waals surface area (Å²) in [4.78, 5) is 15.9. The molecule has 1 fully saturated rings. The first-order valence-corrected chi connectivity index (χ1v) is 7.43. The molecule has 6 nitrogen and oxygen atoms in total. The summed E-state index contributed by atoms with van der Waals surface area (Å²) in [7, 11) is 1.36. The predicted octanol–water partition coefficient (Wildman–Crippen LogP) is 2.38. The third-order valence-electron chi connectivity index (χ3n) is 3.98. The highest BCUT2D eigenvalue weighted by molar-refractivity contribution is 5.89. The second kappa shape index (κ2) is 6.27. The minimum atomic E-state index is -0.357. The van der Waals surface area contributed by atoms with Gasteiger partial charge >= 0.3 is 5.97 Å². The number of hydrogen-bond donors (Lipinski definition) is 1. The number of esters is 1. The first-order chi connectivity index (χ1) is 10.7. The van der Waals surface area contributed by atoms with Crippen LogP contribution < -0.4 is 5.32 Å². The van der Waals surface area contributed by atoms with Crippen molar-refractivity contribution in [2.45, 2.75) is 31.7 Å². The van der Waals surface area contributed by atoms with Crippen LogP contribution in [0.5, 0.6) is 0 Å². The molecule has 1 aliphatic rings. The van der Waals surface area contributed by atoms with E-state index in [2.05, 4.69) is 27.1 Å². The minimum absolute atomic E-state index is 0.312. The third kappa shape index (κ3) is 3.01. The second-order valence-corrected chi connectivity index (χ2v) is 5.60. The fraction of sp³-hybridized carbons (Fsp3) is 0.438. The van der Waals surface area contributed by atoms with Crippen molar-refractivity contribution in [3.63, 3.8) is 0 Å². The quantitative estimate of drug-likeness (QED) is 0.877. The Kier molecular flexibility index (Phi) is 4.20. The SMILES string of the molecule is COC(=O)c1ccc(-c2noc([C@H]3CCN[C@@H](C)C3)n2)cc1. The van der Waals surface area contributed by atoms with E-state index in [1.165, 1.54) is 7.11 Å². The van der Waals surface area contributed by atoms with Crippen LogP contribution in [0.15, 0.2) is 28.8 Å². The summed E-state index contributed by atoms with van der Waals surface area (Å²) in [5.41, 5.74) is 1.33. The number of benzene rings is 1. The number of carbonyl (C=O) groups excluding carboxylic acids is 1. The summed E-state index contributed by atoms with van der Waals surface area (Å²) in [6.07, 6.45) is 2.01. The molecule has 6 heteroatoms. The molecule has 22 heavy (non-hydrogen) atoms. The van der Waals surface area contributed by atoms with Gasteiger partial charge in [0.05, 0.1) is 12.7 Å². The van der Waals surface area contributed by atoms with E-state index in [9.17, 15) is 4.79 Å². The molecule has 1 aromatic carbocycles. The number of hydrogen-bond acceptors (Lipinski definition) is 6. The van der Waals surface area contributed by atoms with Crippen LogP contribution in [0.3, 0.4) is 0 Å². The van der Waals surface area contributed by atoms with Gasteiger partial charge in [0.15, 0.2) is 0 Å². The van der Waals surface area contributed by atoms with Gasteiger partial charge in [-0.2, -0.15) is 4.98 Å². The van der Waals surface area contributed by atoms with Crippen molar-refractivity contribution in [1.82, 2.24) is 15.5 Å². The van der Waals surface area contributed by atoms with Gasteiger partial charge in [-0.25, -0.2) is 4.79 Å². The average molecular weight is 301 g/mol. The smallest absolute Gasteiger partial charge is 0.337 e. The molecule has 0 spiro atoms. The standard InChI is InChI=1S/C16H19N3O3/c1-10-9-13(7-8-17-10)15-18-14(19-22-15)11-3-5-12(6-4-11)16(20)21-2/h3-6,10,13,17H,7-9H2,1-2H3/t10-,13-/m0/s1. The summed E-state index contributed by atoms with van der Waals surface area (Å²) in [5.74, 6) is 1.20. The number of nitrogens with zero attached hydrogens (tertiary/aromatic N) is 2. The van der Waals surface area contributed by atoms with Gasteiger partial charge in [0.25, 0.3) is 0 Å². The molecule has 2 heterocycles. The largest absolute Gasteiger partial charge is 0.465 e. The summed E-state index contributed by atoms with van der Waals surface area (Å²) >= 11 is 0. The zero-order valence-electron chi connectivity index (χ0n) is 12.7. The number of aromatic nitrogens is 2. The minimum Gasteiger partial charge on any atom is -0.465 e. The number of rotatable bonds is 3. The van der Waals surface area contributed by atoms with Crippen molar-refractivity contribution in [3.05, 3.63) is 35.7 Å². The van der Waals surface area contributed by atoms with Gasteiger partial charge in [-0.1, -0.05) is 17.3 Å². The highest BCUT2D eigenvalue weighted by Crippen LogP contribution is 2.28. The maximum absolute atomic E-state index is 11.4. The van der Waals surface area contributed by atoms with Crippen LogP contribution in [0.1, 0.15) is 41.9 Å². The lowest BCUT2D eigenvalue weighted by Crippen LogP contribution is -2.34. The molecule has 1 aliphatic heterocycles. The van der Waals surface area contributed by atoms with Crippen molar-refractivity contribution < 1.29 is 14.1 Å². The molecule has 2 aromatic rings. The number of nitrogens with one attached hydrogen (secondary N) is 1. The summed E-state index contributed by atoms with van der Waals surface area (Å²) in [5, 5.41) is 7.47. The molecule has 1 aromatic heterocycles. The number of piperidine rings is 1. The molecule has 1 N–H and O–H groups in total. The van der Waals surface area contributed by atoms with Crippen LogP contribution in [-0.2, 0) is 4.74 Å². The van der Waals surface area contributed by atoms with Crippen LogP contribution in [0.25, 0.3) is 11.4 Å². The van der Waals surface area contributed by atoms with E-state index in [-0.39, 0.29) is 5.97 Å². The molecule has 3 rings (SSSR count). The van der Waals surface area contributed by atoms with Gasteiger partial charge in [0.2, 0.25) is 11.7 Å². The van der Waals surface area contributed by atoms with Crippen LogP contribution >= 0.6 is 0 Å². The van der Waals surface area contributed by atoms with Crippen LogP contribution in [0.2, 0.25) is 0 Å². The molecule has 1 saturated heterocycles. The average Bonchev–Trinajstić information content (AvgIpc) is 3.04. The Balaban J connectivity index is 1.77. The lowest BCUT2D eigenvalue weighted by atomic mass is 9.93. The molecule has 0 aliphatic carbocycles. The summed E-state index contributed by atoms with van der Waals surface area (Å²) in [6, 6.07) is 7.46. The number of ether oxygens (including phenoxy) is 1. The molecule has 0 amide bonds. The molecule has 0 radical (unpaired) electrons. The van der Waals surface area contributed by atoms with E-state index in [1.54, 1.807) is 24.3 Å². The van der Waals surface area contributed by atoms with Gasteiger partial charge in [-0.05, 0) is 38.4 Å². The first kappa shape index (κ1) is 14.7. The lowest BCUT2D eigenvalue weighted by molar-refractivity contribution is 0.0601. The van der Waals surface area contributed by atoms with Gasteiger partial charge in [-0.3, -0.25) is 0 Å². The van der Waals surface area contributed by atoms with E-state index in [0.717, 1.165) is 24.9 Å². The third-order valence-corrected chi connectivity index (χ3v) is 3.98. The summed E-state index contributed by atoms with van der Waals surface area (Å²) < 4.78 is 10.1. The van der Waals surface area contributed by atoms with Crippen LogP contribution in [0.4, 0.5) is 0 Å². The number of methoxy groups -OCH3 is 1. The Hall–Kier alpha value is -2.21. The fourth-order valence-corrected chi connectivity index (χ4v) is 2.75. The number of carbonyl (C=O) groups is 1. The van der Waals surface area contributed by atoms with Crippen molar-refractivity contribution in [2.24, 2.45) is 0 Å². The molecule has 116 valence electrons. The predicted molar refractivity (Wildman–Crippen MR) is 80.5 cm³/mol. The highest BCUT2D eigenvalue weighted by Gasteiger charge is 2.25. The van der Waals surface area contributed by atoms with E-state index in [4.69, 9.17) is 4.52 Å².